The van der Waals surface area contributed by atoms with E-state index in [0.29, 0.717) is 5.65 Å². The van der Waals surface area contributed by atoms with Gasteiger partial charge in [-0.15, -0.1) is 0 Å². The minimum Gasteiger partial charge on any atom is -0.324 e. The summed E-state index contributed by atoms with van der Waals surface area (Å²) >= 11 is 0. The molecule has 0 bridgehead atoms. The van der Waals surface area contributed by atoms with Crippen molar-refractivity contribution in [1.82, 2.24) is 9.38 Å². The van der Waals surface area contributed by atoms with Crippen LogP contribution in [0.3, 0.4) is 0 Å². The van der Waals surface area contributed by atoms with E-state index >= 15 is 0 Å². The summed E-state index contributed by atoms with van der Waals surface area (Å²) in [5.74, 6) is -3.37. The fourth-order valence-corrected chi connectivity index (χ4v) is 2.32. The van der Waals surface area contributed by atoms with Crippen LogP contribution in [0.1, 0.15) is 23.0 Å². The Morgan fingerprint density at radius 3 is 2.36 bits per heavy atom. The molecule has 2 amide bonds. The molecule has 0 spiro atoms. The van der Waals surface area contributed by atoms with Crippen LogP contribution in [0.2, 0.25) is 0 Å². The van der Waals surface area contributed by atoms with Crippen LogP contribution in [-0.2, 0) is 4.79 Å². The quantitative estimate of drug-likeness (QED) is 0.766. The Bertz CT molecular complexity index is 998. The highest BCUT2D eigenvalue weighted by molar-refractivity contribution is 6.06. The standard InChI is InChI=1S/C17H14F2N4O2/c1-9-3-4-23-8-15(21-16(23)5-9)17(25)22-14-7-12(19)11(18)6-13(14)20-10(2)24/h3-8H,1-2H3,(H,20,24)(H,22,25). The molecule has 2 heterocycles. The molecule has 6 nitrogen and oxygen atoms in total. The molecule has 8 heteroatoms. The highest BCUT2D eigenvalue weighted by atomic mass is 19.2. The van der Waals surface area contributed by atoms with Gasteiger partial charge in [0.15, 0.2) is 11.6 Å². The molecule has 2 N–H and O–H groups in total. The summed E-state index contributed by atoms with van der Waals surface area (Å²) in [5, 5.41) is 4.79. The number of imidazole rings is 1. The van der Waals surface area contributed by atoms with Gasteiger partial charge in [0.05, 0.1) is 11.4 Å². The second kappa shape index (κ2) is 6.31. The molecule has 0 aliphatic carbocycles. The number of hydrogen-bond donors (Lipinski definition) is 2. The number of rotatable bonds is 3. The molecule has 3 rings (SSSR count). The van der Waals surface area contributed by atoms with E-state index in [1.807, 2.05) is 13.0 Å². The molecule has 3 aromatic rings. The predicted molar refractivity (Wildman–Crippen MR) is 88.5 cm³/mol. The van der Waals surface area contributed by atoms with Gasteiger partial charge < -0.3 is 15.0 Å². The van der Waals surface area contributed by atoms with Crippen LogP contribution in [0, 0.1) is 18.6 Å². The first kappa shape index (κ1) is 16.6. The number of halogens is 2. The van der Waals surface area contributed by atoms with Crippen molar-refractivity contribution in [3.05, 3.63) is 59.6 Å². The molecule has 0 saturated heterocycles. The smallest absolute Gasteiger partial charge is 0.275 e. The highest BCUT2D eigenvalue weighted by Gasteiger charge is 2.16. The third-order valence-corrected chi connectivity index (χ3v) is 3.47. The minimum absolute atomic E-state index is 0.0423. The molecular formula is C17H14F2N4O2. The number of carbonyl (C=O) groups is 2. The first-order chi connectivity index (χ1) is 11.8. The number of aromatic nitrogens is 2. The molecule has 0 saturated carbocycles. The zero-order chi connectivity index (χ0) is 18.1. The van der Waals surface area contributed by atoms with Crippen molar-refractivity contribution in [1.29, 1.82) is 0 Å². The Balaban J connectivity index is 1.93. The third kappa shape index (κ3) is 3.47. The summed E-state index contributed by atoms with van der Waals surface area (Å²) in [7, 11) is 0. The van der Waals surface area contributed by atoms with E-state index in [1.54, 1.807) is 16.7 Å². The van der Waals surface area contributed by atoms with Gasteiger partial charge in [0.1, 0.15) is 11.3 Å². The number of fused-ring (bicyclic) bond motifs is 1. The second-order valence-electron chi connectivity index (χ2n) is 5.54. The molecule has 0 aliphatic heterocycles. The van der Waals surface area contributed by atoms with Crippen LogP contribution in [0.25, 0.3) is 5.65 Å². The van der Waals surface area contributed by atoms with Crippen molar-refractivity contribution in [2.24, 2.45) is 0 Å². The lowest BCUT2D eigenvalue weighted by molar-refractivity contribution is -0.114. The van der Waals surface area contributed by atoms with E-state index in [4.69, 9.17) is 0 Å². The van der Waals surface area contributed by atoms with Gasteiger partial charge in [0.2, 0.25) is 5.91 Å². The van der Waals surface area contributed by atoms with Crippen LogP contribution in [0.4, 0.5) is 20.2 Å². The average molecular weight is 344 g/mol. The molecule has 0 unspecified atom stereocenters. The van der Waals surface area contributed by atoms with Gasteiger partial charge in [-0.05, 0) is 24.6 Å². The summed E-state index contributed by atoms with van der Waals surface area (Å²) in [6.45, 7) is 3.12. The summed E-state index contributed by atoms with van der Waals surface area (Å²) in [4.78, 5) is 27.8. The molecular weight excluding hydrogens is 330 g/mol. The van der Waals surface area contributed by atoms with E-state index in [1.165, 1.54) is 13.1 Å². The molecule has 2 aromatic heterocycles. The number of pyridine rings is 1. The highest BCUT2D eigenvalue weighted by Crippen LogP contribution is 2.26. The Kier molecular flexibility index (Phi) is 4.18. The fourth-order valence-electron chi connectivity index (χ4n) is 2.32. The second-order valence-corrected chi connectivity index (χ2v) is 5.54. The molecule has 128 valence electrons. The first-order valence-corrected chi connectivity index (χ1v) is 7.37. The van der Waals surface area contributed by atoms with Crippen LogP contribution >= 0.6 is 0 Å². The Labute approximate surface area is 141 Å². The van der Waals surface area contributed by atoms with Crippen LogP contribution in [-0.4, -0.2) is 21.2 Å². The largest absolute Gasteiger partial charge is 0.324 e. The van der Waals surface area contributed by atoms with Crippen LogP contribution in [0.15, 0.2) is 36.7 Å². The van der Waals surface area contributed by atoms with Crippen molar-refractivity contribution >= 4 is 28.8 Å². The molecule has 0 atom stereocenters. The van der Waals surface area contributed by atoms with E-state index in [9.17, 15) is 18.4 Å². The topological polar surface area (TPSA) is 75.5 Å². The van der Waals surface area contributed by atoms with Gasteiger partial charge in [-0.3, -0.25) is 9.59 Å². The maximum atomic E-state index is 13.5. The normalized spacial score (nSPS) is 10.7. The van der Waals surface area contributed by atoms with Crippen molar-refractivity contribution in [2.45, 2.75) is 13.8 Å². The third-order valence-electron chi connectivity index (χ3n) is 3.47. The summed E-state index contributed by atoms with van der Waals surface area (Å²) in [6.07, 6.45) is 3.27. The number of aryl methyl sites for hydroxylation is 1. The lowest BCUT2D eigenvalue weighted by Crippen LogP contribution is -2.16. The van der Waals surface area contributed by atoms with Gasteiger partial charge in [-0.1, -0.05) is 0 Å². The summed E-state index contributed by atoms with van der Waals surface area (Å²) in [5.41, 5.74) is 1.56. The zero-order valence-corrected chi connectivity index (χ0v) is 13.4. The molecule has 0 radical (unpaired) electrons. The van der Waals surface area contributed by atoms with Crippen LogP contribution in [0.5, 0.6) is 0 Å². The van der Waals surface area contributed by atoms with E-state index in [-0.39, 0.29) is 17.1 Å². The Morgan fingerprint density at radius 1 is 1.08 bits per heavy atom. The molecule has 0 fully saturated rings. The molecule has 0 aliphatic rings. The zero-order valence-electron chi connectivity index (χ0n) is 13.4. The number of amides is 2. The van der Waals surface area contributed by atoms with Gasteiger partial charge in [-0.25, -0.2) is 13.8 Å². The Hall–Kier alpha value is -3.29. The van der Waals surface area contributed by atoms with E-state index in [2.05, 4.69) is 15.6 Å². The monoisotopic (exact) mass is 344 g/mol. The number of hydrogen-bond acceptors (Lipinski definition) is 3. The maximum Gasteiger partial charge on any atom is 0.275 e. The van der Waals surface area contributed by atoms with E-state index in [0.717, 1.165) is 17.7 Å². The molecule has 25 heavy (non-hydrogen) atoms. The average Bonchev–Trinajstić information content (AvgIpc) is 2.94. The fraction of sp³-hybridized carbons (Fsp3) is 0.118. The summed E-state index contributed by atoms with van der Waals surface area (Å²) < 4.78 is 28.6. The minimum atomic E-state index is -1.14. The Morgan fingerprint density at radius 2 is 1.72 bits per heavy atom. The predicted octanol–water partition coefficient (Wildman–Crippen LogP) is 3.13. The number of anilines is 2. The van der Waals surface area contributed by atoms with Crippen LogP contribution < -0.4 is 10.6 Å². The van der Waals surface area contributed by atoms with Crippen molar-refractivity contribution in [3.8, 4) is 0 Å². The lowest BCUT2D eigenvalue weighted by Gasteiger charge is -2.11. The first-order valence-electron chi connectivity index (χ1n) is 7.37. The maximum absolute atomic E-state index is 13.5. The van der Waals surface area contributed by atoms with Gasteiger partial charge in [0.25, 0.3) is 5.91 Å². The van der Waals surface area contributed by atoms with Gasteiger partial charge >= 0.3 is 0 Å². The number of nitrogens with one attached hydrogen (secondary N) is 2. The van der Waals surface area contributed by atoms with E-state index < -0.39 is 23.4 Å². The van der Waals surface area contributed by atoms with Crippen molar-refractivity contribution < 1.29 is 18.4 Å². The molecule has 1 aromatic carbocycles. The SMILES string of the molecule is CC(=O)Nc1cc(F)c(F)cc1NC(=O)c1cn2ccc(C)cc2n1. The van der Waals surface area contributed by atoms with Gasteiger partial charge in [0, 0.05) is 31.5 Å². The van der Waals surface area contributed by atoms with Gasteiger partial charge in [-0.2, -0.15) is 0 Å². The summed E-state index contributed by atoms with van der Waals surface area (Å²) in [6, 6.07) is 5.27. The number of carbonyl (C=O) groups excluding carboxylic acids is 2. The lowest BCUT2D eigenvalue weighted by atomic mass is 10.2. The van der Waals surface area contributed by atoms with Crippen molar-refractivity contribution in [3.63, 3.8) is 0 Å². The van der Waals surface area contributed by atoms with Crippen molar-refractivity contribution in [2.75, 3.05) is 10.6 Å². The number of benzene rings is 1. The number of nitrogens with zero attached hydrogens (tertiary/aromatic N) is 2.